The lowest BCUT2D eigenvalue weighted by molar-refractivity contribution is 0.186. The van der Waals surface area contributed by atoms with Crippen LogP contribution in [0.3, 0.4) is 0 Å². The second kappa shape index (κ2) is 10.2. The van der Waals surface area contributed by atoms with Gasteiger partial charge in [-0.15, -0.1) is 0 Å². The minimum atomic E-state index is -3.79. The van der Waals surface area contributed by atoms with Gasteiger partial charge in [-0.2, -0.15) is 0 Å². The largest absolute Gasteiger partial charge is 0.361 e. The summed E-state index contributed by atoms with van der Waals surface area (Å²) in [6, 6.07) is 35.7. The molecule has 0 fully saturated rings. The highest BCUT2D eigenvalue weighted by Gasteiger charge is 2.41. The van der Waals surface area contributed by atoms with E-state index < -0.39 is 13.3 Å². The van der Waals surface area contributed by atoms with E-state index in [1.54, 1.807) is 0 Å². The summed E-state index contributed by atoms with van der Waals surface area (Å²) < 4.78 is 27.8. The van der Waals surface area contributed by atoms with Gasteiger partial charge >= 0.3 is 7.60 Å². The number of hydrogen-bond acceptors (Lipinski definition) is 3. The van der Waals surface area contributed by atoms with E-state index in [0.717, 1.165) is 44.1 Å². The Bertz CT molecular complexity index is 1550. The molecule has 0 bridgehead atoms. The topological polar surface area (TPSA) is 67.1 Å². The SMILES string of the molecule is O=P(OCc1ccccc1)(OCc1ccccc1)C(c1c[nH]c2ccccc12)c1c[nH]c2ccccc12. The molecule has 0 amide bonds. The van der Waals surface area contributed by atoms with Crippen molar-refractivity contribution in [1.29, 1.82) is 0 Å². The molecule has 0 atom stereocenters. The summed E-state index contributed by atoms with van der Waals surface area (Å²) in [4.78, 5) is 6.71. The lowest BCUT2D eigenvalue weighted by atomic mass is 10.0. The Morgan fingerprint density at radius 1 is 0.568 bits per heavy atom. The molecule has 0 aliphatic carbocycles. The quantitative estimate of drug-likeness (QED) is 0.194. The normalized spacial score (nSPS) is 12.0. The summed E-state index contributed by atoms with van der Waals surface area (Å²) in [5.41, 5.74) is 4.92. The summed E-state index contributed by atoms with van der Waals surface area (Å²) in [6.07, 6.45) is 3.86. The van der Waals surface area contributed by atoms with E-state index in [-0.39, 0.29) is 13.2 Å². The fourth-order valence-corrected chi connectivity index (χ4v) is 6.95. The van der Waals surface area contributed by atoms with Gasteiger partial charge in [-0.3, -0.25) is 4.57 Å². The molecule has 0 aliphatic rings. The Labute approximate surface area is 215 Å². The Balaban J connectivity index is 1.50. The Kier molecular flexibility index (Phi) is 6.50. The molecule has 0 radical (unpaired) electrons. The molecular weight excluding hydrogens is 479 g/mol. The number of fused-ring (bicyclic) bond motifs is 2. The average molecular weight is 507 g/mol. The van der Waals surface area contributed by atoms with E-state index in [9.17, 15) is 0 Å². The van der Waals surface area contributed by atoms with Crippen molar-refractivity contribution in [3.8, 4) is 0 Å². The van der Waals surface area contributed by atoms with Crippen molar-refractivity contribution in [3.63, 3.8) is 0 Å². The number of rotatable bonds is 9. The number of aromatic amines is 2. The zero-order valence-electron chi connectivity index (χ0n) is 20.2. The highest BCUT2D eigenvalue weighted by Crippen LogP contribution is 2.66. The van der Waals surface area contributed by atoms with Gasteiger partial charge in [0.25, 0.3) is 0 Å². The van der Waals surface area contributed by atoms with Gasteiger partial charge in [0.2, 0.25) is 0 Å². The first-order valence-corrected chi connectivity index (χ1v) is 13.9. The number of aromatic nitrogens is 2. The lowest BCUT2D eigenvalue weighted by Gasteiger charge is -2.27. The van der Waals surface area contributed by atoms with Crippen LogP contribution in [0.25, 0.3) is 21.8 Å². The molecule has 6 aromatic rings. The predicted octanol–water partition coefficient (Wildman–Crippen LogP) is 8.37. The van der Waals surface area contributed by atoms with Crippen LogP contribution in [-0.4, -0.2) is 9.97 Å². The molecule has 37 heavy (non-hydrogen) atoms. The minimum absolute atomic E-state index is 0.175. The second-order valence-corrected chi connectivity index (χ2v) is 11.2. The van der Waals surface area contributed by atoms with Gasteiger partial charge < -0.3 is 19.0 Å². The predicted molar refractivity (Wildman–Crippen MR) is 149 cm³/mol. The Morgan fingerprint density at radius 2 is 0.973 bits per heavy atom. The smallest absolute Gasteiger partial charge is 0.343 e. The third-order valence-electron chi connectivity index (χ3n) is 6.66. The first kappa shape index (κ1) is 23.5. The van der Waals surface area contributed by atoms with Crippen LogP contribution in [0.2, 0.25) is 0 Å². The molecule has 4 aromatic carbocycles. The third kappa shape index (κ3) is 4.77. The molecule has 2 aromatic heterocycles. The number of benzene rings is 4. The monoisotopic (exact) mass is 506 g/mol. The van der Waals surface area contributed by atoms with Crippen molar-refractivity contribution in [3.05, 3.63) is 144 Å². The van der Waals surface area contributed by atoms with Crippen LogP contribution >= 0.6 is 7.60 Å². The average Bonchev–Trinajstić information content (AvgIpc) is 3.57. The molecule has 2 N–H and O–H groups in total. The minimum Gasteiger partial charge on any atom is -0.361 e. The summed E-state index contributed by atoms with van der Waals surface area (Å²) in [7, 11) is -3.79. The summed E-state index contributed by atoms with van der Waals surface area (Å²) in [5, 5.41) is 1.98. The van der Waals surface area contributed by atoms with Crippen molar-refractivity contribution in [1.82, 2.24) is 9.97 Å². The molecule has 184 valence electrons. The molecule has 2 heterocycles. The molecular formula is C31H27N2O3P. The number of hydrogen-bond donors (Lipinski definition) is 2. The zero-order valence-corrected chi connectivity index (χ0v) is 21.1. The van der Waals surface area contributed by atoms with Crippen LogP contribution in [-0.2, 0) is 26.8 Å². The van der Waals surface area contributed by atoms with E-state index in [1.807, 2.05) is 122 Å². The lowest BCUT2D eigenvalue weighted by Crippen LogP contribution is -2.08. The van der Waals surface area contributed by atoms with E-state index in [0.29, 0.717) is 0 Å². The molecule has 0 aliphatic heterocycles. The van der Waals surface area contributed by atoms with Crippen LogP contribution in [0.5, 0.6) is 0 Å². The Morgan fingerprint density at radius 3 is 1.43 bits per heavy atom. The van der Waals surface area contributed by atoms with Gasteiger partial charge in [0.1, 0.15) is 5.66 Å². The van der Waals surface area contributed by atoms with Crippen LogP contribution in [0.4, 0.5) is 0 Å². The summed E-state index contributed by atoms with van der Waals surface area (Å²) >= 11 is 0. The van der Waals surface area contributed by atoms with Gasteiger partial charge in [-0.1, -0.05) is 97.1 Å². The number of para-hydroxylation sites is 2. The number of nitrogens with one attached hydrogen (secondary N) is 2. The van der Waals surface area contributed by atoms with E-state index >= 15 is 4.57 Å². The third-order valence-corrected chi connectivity index (χ3v) is 8.82. The highest BCUT2D eigenvalue weighted by molar-refractivity contribution is 7.54. The van der Waals surface area contributed by atoms with E-state index in [4.69, 9.17) is 9.05 Å². The second-order valence-electron chi connectivity index (χ2n) is 9.04. The maximum Gasteiger partial charge on any atom is 0.343 e. The first-order chi connectivity index (χ1) is 18.2. The standard InChI is InChI=1S/C31H27N2O3P/c34-37(35-21-23-11-3-1-4-12-23,36-22-24-13-5-2-6-14-24)31(27-19-32-29-17-9-7-15-25(27)29)28-20-33-30-18-10-8-16-26(28)30/h1-20,31-33H,21-22H2. The molecule has 5 nitrogen and oxygen atoms in total. The fourth-order valence-electron chi connectivity index (χ4n) is 4.81. The maximum absolute atomic E-state index is 15.1. The van der Waals surface area contributed by atoms with Crippen molar-refractivity contribution in [2.45, 2.75) is 18.9 Å². The summed E-state index contributed by atoms with van der Waals surface area (Å²) in [5.74, 6) is 0. The Hall–Kier alpha value is -3.89. The zero-order chi connectivity index (χ0) is 25.1. The molecule has 0 unspecified atom stereocenters. The van der Waals surface area contributed by atoms with E-state index in [1.165, 1.54) is 0 Å². The van der Waals surface area contributed by atoms with Gasteiger partial charge in [-0.05, 0) is 34.4 Å². The van der Waals surface area contributed by atoms with Crippen molar-refractivity contribution < 1.29 is 13.6 Å². The summed E-state index contributed by atoms with van der Waals surface area (Å²) in [6.45, 7) is 0.349. The molecule has 0 saturated carbocycles. The van der Waals surface area contributed by atoms with Crippen LogP contribution < -0.4 is 0 Å². The van der Waals surface area contributed by atoms with Crippen molar-refractivity contribution in [2.24, 2.45) is 0 Å². The van der Waals surface area contributed by atoms with Gasteiger partial charge in [-0.25, -0.2) is 0 Å². The molecule has 0 saturated heterocycles. The highest BCUT2D eigenvalue weighted by atomic mass is 31.2. The van der Waals surface area contributed by atoms with Crippen LogP contribution in [0, 0.1) is 0 Å². The van der Waals surface area contributed by atoms with Gasteiger partial charge in [0.05, 0.1) is 13.2 Å². The molecule has 0 spiro atoms. The number of H-pyrrole nitrogens is 2. The molecule has 6 heteroatoms. The molecule has 6 rings (SSSR count). The van der Waals surface area contributed by atoms with E-state index in [2.05, 4.69) is 9.97 Å². The van der Waals surface area contributed by atoms with Crippen molar-refractivity contribution in [2.75, 3.05) is 0 Å². The van der Waals surface area contributed by atoms with Gasteiger partial charge in [0, 0.05) is 34.2 Å². The van der Waals surface area contributed by atoms with Gasteiger partial charge in [0.15, 0.2) is 0 Å². The van der Waals surface area contributed by atoms with Crippen molar-refractivity contribution >= 4 is 29.4 Å². The first-order valence-electron chi connectivity index (χ1n) is 12.3. The van der Waals surface area contributed by atoms with Crippen LogP contribution in [0.15, 0.2) is 122 Å². The maximum atomic E-state index is 15.1. The fraction of sp³-hybridized carbons (Fsp3) is 0.0968. The van der Waals surface area contributed by atoms with Crippen LogP contribution in [0.1, 0.15) is 27.9 Å².